The summed E-state index contributed by atoms with van der Waals surface area (Å²) < 4.78 is 10.4. The Morgan fingerprint density at radius 1 is 1.15 bits per heavy atom. The lowest BCUT2D eigenvalue weighted by atomic mass is 9.33. The van der Waals surface area contributed by atoms with E-state index in [2.05, 4.69) is 6.58 Å². The second-order valence-electron chi connectivity index (χ2n) is 11.0. The third kappa shape index (κ3) is 2.14. The maximum atomic E-state index is 14.2. The van der Waals surface area contributed by atoms with Crippen molar-refractivity contribution in [3.8, 4) is 0 Å². The fourth-order valence-electron chi connectivity index (χ4n) is 7.49. The Kier molecular flexibility index (Phi) is 4.64. The van der Waals surface area contributed by atoms with Gasteiger partial charge in [0.2, 0.25) is 5.78 Å². The minimum atomic E-state index is -2.33. The number of esters is 2. The number of hydrogen-bond acceptors (Lipinski definition) is 8. The Morgan fingerprint density at radius 3 is 2.29 bits per heavy atom. The molecular weight excluding hydrogens is 440 g/mol. The Hall–Kier alpha value is -3.03. The lowest BCUT2D eigenvalue weighted by Gasteiger charge is -2.66. The molecule has 1 heterocycles. The number of cyclic esters (lactones) is 1. The molecule has 0 spiro atoms. The molecule has 1 N–H and O–H groups in total. The number of hydrogen-bond donors (Lipinski definition) is 1. The van der Waals surface area contributed by atoms with Crippen LogP contribution in [-0.4, -0.2) is 47.6 Å². The number of rotatable bonds is 1. The number of fused-ring (bicyclic) bond motifs is 5. The monoisotopic (exact) mass is 470 g/mol. The zero-order valence-corrected chi connectivity index (χ0v) is 20.5. The lowest BCUT2D eigenvalue weighted by molar-refractivity contribution is -0.222. The van der Waals surface area contributed by atoms with E-state index in [0.29, 0.717) is 0 Å². The van der Waals surface area contributed by atoms with Crippen molar-refractivity contribution in [2.75, 3.05) is 7.11 Å². The summed E-state index contributed by atoms with van der Waals surface area (Å²) in [5, 5.41) is 11.4. The number of carbonyl (C=O) groups is 5. The highest BCUT2D eigenvalue weighted by atomic mass is 16.6. The van der Waals surface area contributed by atoms with Crippen molar-refractivity contribution in [1.82, 2.24) is 0 Å². The van der Waals surface area contributed by atoms with Crippen LogP contribution in [0.5, 0.6) is 0 Å². The van der Waals surface area contributed by atoms with Gasteiger partial charge in [-0.1, -0.05) is 32.1 Å². The van der Waals surface area contributed by atoms with Gasteiger partial charge in [-0.15, -0.1) is 0 Å². The molecule has 8 heteroatoms. The molecule has 8 nitrogen and oxygen atoms in total. The van der Waals surface area contributed by atoms with Gasteiger partial charge < -0.3 is 14.6 Å². The lowest BCUT2D eigenvalue weighted by Crippen LogP contribution is -2.77. The minimum Gasteiger partial charge on any atom is -0.504 e. The molecule has 4 aliphatic rings. The minimum absolute atomic E-state index is 0.0795. The molecule has 1 aliphatic heterocycles. The van der Waals surface area contributed by atoms with Gasteiger partial charge in [0.1, 0.15) is 5.41 Å². The number of ketones is 3. The highest BCUT2D eigenvalue weighted by Crippen LogP contribution is 2.74. The molecule has 3 aliphatic carbocycles. The molecule has 0 amide bonds. The largest absolute Gasteiger partial charge is 0.504 e. The van der Waals surface area contributed by atoms with Crippen molar-refractivity contribution >= 4 is 29.3 Å². The van der Waals surface area contributed by atoms with Crippen LogP contribution in [0.2, 0.25) is 0 Å². The van der Waals surface area contributed by atoms with Crippen LogP contribution >= 0.6 is 0 Å². The topological polar surface area (TPSA) is 124 Å². The van der Waals surface area contributed by atoms with E-state index in [1.807, 2.05) is 0 Å². The number of ether oxygens (including phenoxy) is 2. The first-order valence-electron chi connectivity index (χ1n) is 11.3. The summed E-state index contributed by atoms with van der Waals surface area (Å²) in [6.07, 6.45) is 1.79. The van der Waals surface area contributed by atoms with Gasteiger partial charge in [-0.3, -0.25) is 24.0 Å². The van der Waals surface area contributed by atoms with Crippen molar-refractivity contribution in [1.29, 1.82) is 0 Å². The molecule has 1 saturated heterocycles. The van der Waals surface area contributed by atoms with Crippen LogP contribution in [-0.2, 0) is 33.4 Å². The summed E-state index contributed by atoms with van der Waals surface area (Å²) >= 11 is 0. The van der Waals surface area contributed by atoms with Gasteiger partial charge in [-0.05, 0) is 51.7 Å². The average molecular weight is 471 g/mol. The number of aliphatic hydroxyl groups excluding tert-OH is 1. The summed E-state index contributed by atoms with van der Waals surface area (Å²) in [6.45, 7) is 13.3. The molecule has 6 atom stereocenters. The molecule has 1 saturated carbocycles. The first-order valence-corrected chi connectivity index (χ1v) is 11.3. The summed E-state index contributed by atoms with van der Waals surface area (Å²) in [5.41, 5.74) is -7.94. The van der Waals surface area contributed by atoms with Gasteiger partial charge in [0.05, 0.1) is 17.9 Å². The molecule has 0 aromatic rings. The first kappa shape index (κ1) is 24.1. The molecule has 182 valence electrons. The molecular formula is C26H30O8. The maximum Gasteiger partial charge on any atom is 0.322 e. The van der Waals surface area contributed by atoms with Crippen molar-refractivity contribution in [3.63, 3.8) is 0 Å². The predicted octanol–water partition coefficient (Wildman–Crippen LogP) is 2.82. The van der Waals surface area contributed by atoms with Crippen LogP contribution in [0.1, 0.15) is 48.0 Å². The van der Waals surface area contributed by atoms with Gasteiger partial charge in [-0.2, -0.15) is 0 Å². The summed E-state index contributed by atoms with van der Waals surface area (Å²) in [6, 6.07) is 0. The summed E-state index contributed by atoms with van der Waals surface area (Å²) in [7, 11) is 1.09. The summed E-state index contributed by atoms with van der Waals surface area (Å²) in [4.78, 5) is 68.0. The maximum absolute atomic E-state index is 14.2. The second kappa shape index (κ2) is 6.55. The molecule has 0 radical (unpaired) electrons. The van der Waals surface area contributed by atoms with Crippen molar-refractivity contribution < 1.29 is 38.6 Å². The van der Waals surface area contributed by atoms with E-state index in [1.165, 1.54) is 26.8 Å². The third-order valence-electron chi connectivity index (χ3n) is 9.31. The average Bonchev–Trinajstić information content (AvgIpc) is 2.76. The van der Waals surface area contributed by atoms with E-state index in [-0.39, 0.29) is 23.4 Å². The van der Waals surface area contributed by atoms with E-state index in [4.69, 9.17) is 9.47 Å². The van der Waals surface area contributed by atoms with Crippen LogP contribution in [0.3, 0.4) is 0 Å². The van der Waals surface area contributed by atoms with Crippen LogP contribution in [0.25, 0.3) is 0 Å². The zero-order chi connectivity index (χ0) is 25.8. The van der Waals surface area contributed by atoms with Crippen molar-refractivity contribution in [2.45, 2.75) is 54.1 Å². The van der Waals surface area contributed by atoms with E-state index in [1.54, 1.807) is 26.8 Å². The van der Waals surface area contributed by atoms with Crippen LogP contribution in [0.15, 0.2) is 35.6 Å². The highest BCUT2D eigenvalue weighted by molar-refractivity contribution is 6.20. The van der Waals surface area contributed by atoms with Crippen LogP contribution < -0.4 is 0 Å². The standard InChI is InChI=1S/C26H30O8/c1-12-11-14-23(5)10-9-15(27)22(3,4)17(23)16(28)19(30)25(14,7)26(21(32)33-8)18(29)13(2)34-20(31)24(12,26)6/h9-10,13-14,28H,1,11H2,2-8H3/t13-,14-,23-,24-,25+,26-/m1/s1. The fourth-order valence-corrected chi connectivity index (χ4v) is 7.49. The quantitative estimate of drug-likeness (QED) is 0.352. The molecule has 0 unspecified atom stereocenters. The predicted molar refractivity (Wildman–Crippen MR) is 119 cm³/mol. The number of allylic oxidation sites excluding steroid dienone is 4. The Labute approximate surface area is 198 Å². The van der Waals surface area contributed by atoms with Crippen LogP contribution in [0.4, 0.5) is 0 Å². The third-order valence-corrected chi connectivity index (χ3v) is 9.31. The van der Waals surface area contributed by atoms with Gasteiger partial charge in [-0.25, -0.2) is 0 Å². The Bertz CT molecular complexity index is 1170. The zero-order valence-electron chi connectivity index (χ0n) is 20.5. The molecule has 2 fully saturated rings. The smallest absolute Gasteiger partial charge is 0.322 e. The van der Waals surface area contributed by atoms with E-state index in [0.717, 1.165) is 7.11 Å². The normalized spacial score (nSPS) is 43.1. The van der Waals surface area contributed by atoms with E-state index >= 15 is 0 Å². The van der Waals surface area contributed by atoms with Gasteiger partial charge in [0.15, 0.2) is 28.8 Å². The number of aliphatic hydroxyl groups is 1. The molecule has 0 bridgehead atoms. The van der Waals surface area contributed by atoms with Gasteiger partial charge in [0, 0.05) is 5.41 Å². The SMILES string of the molecule is C=C1C[C@@H]2[C@@]3(C)C=CC(=O)C(C)(C)C3=C(O)C(=O)[C@@]2(C)[C@@]2(C(=O)OC)C(=O)[C@@H](C)OC(=O)[C@@]12C. The van der Waals surface area contributed by atoms with Crippen molar-refractivity contribution in [3.05, 3.63) is 35.6 Å². The van der Waals surface area contributed by atoms with E-state index in [9.17, 15) is 29.1 Å². The van der Waals surface area contributed by atoms with E-state index < -0.39 is 68.4 Å². The molecule has 0 aromatic carbocycles. The number of Topliss-reactive ketones (excluding diaryl/α,β-unsaturated/α-hetero) is 2. The fraction of sp³-hybridized carbons (Fsp3) is 0.577. The molecule has 34 heavy (non-hydrogen) atoms. The molecule has 0 aromatic heterocycles. The second-order valence-corrected chi connectivity index (χ2v) is 11.0. The van der Waals surface area contributed by atoms with Crippen LogP contribution in [0, 0.1) is 33.0 Å². The molecule has 4 rings (SSSR count). The number of methoxy groups -OCH3 is 1. The van der Waals surface area contributed by atoms with Gasteiger partial charge in [0.25, 0.3) is 0 Å². The number of carbonyl (C=O) groups excluding carboxylic acids is 5. The summed E-state index contributed by atoms with van der Waals surface area (Å²) in [5.74, 6) is -5.29. The first-order chi connectivity index (χ1) is 15.5. The Morgan fingerprint density at radius 2 is 1.74 bits per heavy atom. The Balaban J connectivity index is 2.20. The highest BCUT2D eigenvalue weighted by Gasteiger charge is 2.84. The van der Waals surface area contributed by atoms with Gasteiger partial charge >= 0.3 is 11.9 Å². The van der Waals surface area contributed by atoms with Crippen molar-refractivity contribution in [2.24, 2.45) is 33.0 Å².